The van der Waals surface area contributed by atoms with Crippen LogP contribution in [0.25, 0.3) is 0 Å². The lowest BCUT2D eigenvalue weighted by Crippen LogP contribution is -2.09. The number of rotatable bonds is 2. The fourth-order valence-corrected chi connectivity index (χ4v) is 2.04. The van der Waals surface area contributed by atoms with E-state index in [2.05, 4.69) is 5.16 Å². The molecule has 0 aromatic heterocycles. The normalized spacial score (nSPS) is 19.9. The third-order valence-electron chi connectivity index (χ3n) is 2.28. The lowest BCUT2D eigenvalue weighted by Gasteiger charge is -2.03. The number of halogens is 2. The second-order valence-electron chi connectivity index (χ2n) is 3.64. The zero-order chi connectivity index (χ0) is 10.8. The average molecular weight is 244 g/mol. The lowest BCUT2D eigenvalue weighted by atomic mass is 10.0. The maximum atomic E-state index is 5.98. The second kappa shape index (κ2) is 4.42. The summed E-state index contributed by atoms with van der Waals surface area (Å²) in [6, 6.07) is 5.86. The van der Waals surface area contributed by atoms with E-state index in [4.69, 9.17) is 28.0 Å². The molecule has 0 amide bonds. The Kier molecular flexibility index (Phi) is 3.17. The molecule has 1 heterocycles. The number of hydrogen-bond acceptors (Lipinski definition) is 2. The standard InChI is InChI=1S/C11H11Cl2NO/c1-7-2-8(4-9(13)3-7)11-5-10(6-12)15-14-11/h2-4,10H,5-6H2,1H3. The first-order chi connectivity index (χ1) is 7.19. The van der Waals surface area contributed by atoms with Crippen molar-refractivity contribution in [3.05, 3.63) is 34.3 Å². The average Bonchev–Trinajstić information content (AvgIpc) is 2.64. The minimum absolute atomic E-state index is 0.000884. The molecule has 0 fully saturated rings. The van der Waals surface area contributed by atoms with Gasteiger partial charge in [-0.1, -0.05) is 16.8 Å². The van der Waals surface area contributed by atoms with Gasteiger partial charge in [-0.2, -0.15) is 0 Å². The molecule has 0 radical (unpaired) electrons. The Balaban J connectivity index is 2.24. The second-order valence-corrected chi connectivity index (χ2v) is 4.39. The van der Waals surface area contributed by atoms with Gasteiger partial charge in [0.2, 0.25) is 0 Å². The van der Waals surface area contributed by atoms with Crippen molar-refractivity contribution < 1.29 is 4.84 Å². The van der Waals surface area contributed by atoms with Crippen LogP contribution in [0, 0.1) is 6.92 Å². The Morgan fingerprint density at radius 1 is 1.47 bits per heavy atom. The molecule has 1 aromatic rings. The van der Waals surface area contributed by atoms with E-state index in [0.717, 1.165) is 28.3 Å². The summed E-state index contributed by atoms with van der Waals surface area (Å²) in [4.78, 5) is 5.16. The van der Waals surface area contributed by atoms with Crippen molar-refractivity contribution in [2.24, 2.45) is 5.16 Å². The quantitative estimate of drug-likeness (QED) is 0.731. The summed E-state index contributed by atoms with van der Waals surface area (Å²) in [5.41, 5.74) is 3.06. The maximum Gasteiger partial charge on any atom is 0.146 e. The molecular formula is C11H11Cl2NO. The summed E-state index contributed by atoms with van der Waals surface area (Å²) >= 11 is 11.7. The molecule has 1 atom stereocenters. The van der Waals surface area contributed by atoms with Crippen LogP contribution in [-0.4, -0.2) is 17.7 Å². The van der Waals surface area contributed by atoms with Gasteiger partial charge in [0, 0.05) is 17.0 Å². The van der Waals surface area contributed by atoms with E-state index in [9.17, 15) is 0 Å². The summed E-state index contributed by atoms with van der Waals surface area (Å²) in [5, 5.41) is 4.74. The molecule has 4 heteroatoms. The number of aryl methyl sites for hydroxylation is 1. The van der Waals surface area contributed by atoms with E-state index in [1.807, 2.05) is 25.1 Å². The highest BCUT2D eigenvalue weighted by Gasteiger charge is 2.21. The van der Waals surface area contributed by atoms with E-state index in [-0.39, 0.29) is 6.10 Å². The molecule has 0 saturated carbocycles. The van der Waals surface area contributed by atoms with Crippen LogP contribution in [0.2, 0.25) is 5.02 Å². The molecule has 2 rings (SSSR count). The zero-order valence-corrected chi connectivity index (χ0v) is 9.85. The third-order valence-corrected chi connectivity index (χ3v) is 2.84. The highest BCUT2D eigenvalue weighted by Crippen LogP contribution is 2.21. The molecular weight excluding hydrogens is 233 g/mol. The molecule has 0 N–H and O–H groups in total. The van der Waals surface area contributed by atoms with Crippen molar-refractivity contribution in [3.63, 3.8) is 0 Å². The van der Waals surface area contributed by atoms with E-state index < -0.39 is 0 Å². The molecule has 15 heavy (non-hydrogen) atoms. The first kappa shape index (κ1) is 10.8. The van der Waals surface area contributed by atoms with Crippen LogP contribution in [0.15, 0.2) is 23.4 Å². The smallest absolute Gasteiger partial charge is 0.146 e. The summed E-state index contributed by atoms with van der Waals surface area (Å²) in [6.07, 6.45) is 0.754. The van der Waals surface area contributed by atoms with Crippen LogP contribution in [-0.2, 0) is 4.84 Å². The van der Waals surface area contributed by atoms with Crippen LogP contribution < -0.4 is 0 Å². The van der Waals surface area contributed by atoms with Crippen LogP contribution >= 0.6 is 23.2 Å². The Morgan fingerprint density at radius 2 is 2.27 bits per heavy atom. The van der Waals surface area contributed by atoms with Crippen LogP contribution in [0.1, 0.15) is 17.5 Å². The number of benzene rings is 1. The van der Waals surface area contributed by atoms with Gasteiger partial charge in [-0.3, -0.25) is 0 Å². The molecule has 80 valence electrons. The summed E-state index contributed by atoms with van der Waals surface area (Å²) in [6.45, 7) is 2.00. The Morgan fingerprint density at radius 3 is 2.87 bits per heavy atom. The fourth-order valence-electron chi connectivity index (χ4n) is 1.58. The Hall–Kier alpha value is -0.730. The summed E-state index contributed by atoms with van der Waals surface area (Å²) in [5.74, 6) is 0.465. The van der Waals surface area contributed by atoms with Crippen LogP contribution in [0.5, 0.6) is 0 Å². The van der Waals surface area contributed by atoms with Gasteiger partial charge < -0.3 is 4.84 Å². The highest BCUT2D eigenvalue weighted by molar-refractivity contribution is 6.31. The molecule has 1 aliphatic heterocycles. The predicted octanol–water partition coefficient (Wildman–Crippen LogP) is 3.38. The van der Waals surface area contributed by atoms with E-state index in [1.165, 1.54) is 0 Å². The highest BCUT2D eigenvalue weighted by atomic mass is 35.5. The largest absolute Gasteiger partial charge is 0.391 e. The lowest BCUT2D eigenvalue weighted by molar-refractivity contribution is 0.102. The van der Waals surface area contributed by atoms with Crippen LogP contribution in [0.4, 0.5) is 0 Å². The van der Waals surface area contributed by atoms with E-state index in [0.29, 0.717) is 5.88 Å². The van der Waals surface area contributed by atoms with Crippen molar-refractivity contribution in [2.75, 3.05) is 5.88 Å². The van der Waals surface area contributed by atoms with Gasteiger partial charge in [-0.15, -0.1) is 11.6 Å². The van der Waals surface area contributed by atoms with Gasteiger partial charge in [0.25, 0.3) is 0 Å². The predicted molar refractivity (Wildman–Crippen MR) is 62.9 cm³/mol. The zero-order valence-electron chi connectivity index (χ0n) is 8.34. The monoisotopic (exact) mass is 243 g/mol. The summed E-state index contributed by atoms with van der Waals surface area (Å²) in [7, 11) is 0. The van der Waals surface area contributed by atoms with Crippen molar-refractivity contribution >= 4 is 28.9 Å². The van der Waals surface area contributed by atoms with Crippen molar-refractivity contribution in [1.29, 1.82) is 0 Å². The van der Waals surface area contributed by atoms with E-state index >= 15 is 0 Å². The molecule has 0 bridgehead atoms. The number of oxime groups is 1. The minimum Gasteiger partial charge on any atom is -0.391 e. The van der Waals surface area contributed by atoms with Gasteiger partial charge >= 0.3 is 0 Å². The van der Waals surface area contributed by atoms with Crippen LogP contribution in [0.3, 0.4) is 0 Å². The van der Waals surface area contributed by atoms with Crippen molar-refractivity contribution in [2.45, 2.75) is 19.4 Å². The minimum atomic E-state index is 0.000884. The van der Waals surface area contributed by atoms with Gasteiger partial charge in [0.15, 0.2) is 0 Å². The van der Waals surface area contributed by atoms with Crippen molar-refractivity contribution in [3.8, 4) is 0 Å². The number of alkyl halides is 1. The topological polar surface area (TPSA) is 21.6 Å². The molecule has 2 nitrogen and oxygen atoms in total. The van der Waals surface area contributed by atoms with E-state index in [1.54, 1.807) is 0 Å². The molecule has 0 spiro atoms. The van der Waals surface area contributed by atoms with Gasteiger partial charge in [0.1, 0.15) is 6.10 Å². The summed E-state index contributed by atoms with van der Waals surface area (Å²) < 4.78 is 0. The molecule has 0 aliphatic carbocycles. The first-order valence-corrected chi connectivity index (χ1v) is 5.66. The fraction of sp³-hybridized carbons (Fsp3) is 0.364. The number of hydrogen-bond donors (Lipinski definition) is 0. The Labute approximate surface area is 98.8 Å². The number of nitrogens with zero attached hydrogens (tertiary/aromatic N) is 1. The van der Waals surface area contributed by atoms with Gasteiger partial charge in [-0.25, -0.2) is 0 Å². The third kappa shape index (κ3) is 2.44. The van der Waals surface area contributed by atoms with Crippen molar-refractivity contribution in [1.82, 2.24) is 0 Å². The van der Waals surface area contributed by atoms with Gasteiger partial charge in [0.05, 0.1) is 11.6 Å². The molecule has 1 unspecified atom stereocenters. The molecule has 1 aromatic carbocycles. The molecule has 0 saturated heterocycles. The SMILES string of the molecule is Cc1cc(Cl)cc(C2=NOC(CCl)C2)c1. The first-order valence-electron chi connectivity index (χ1n) is 4.75. The van der Waals surface area contributed by atoms with Gasteiger partial charge in [-0.05, 0) is 30.7 Å². The Bertz CT molecular complexity index is 383. The maximum absolute atomic E-state index is 5.98. The molecule has 1 aliphatic rings.